The van der Waals surface area contributed by atoms with E-state index < -0.39 is 17.5 Å². The maximum Gasteiger partial charge on any atom is 0.260 e. The lowest BCUT2D eigenvalue weighted by atomic mass is 9.93. The lowest BCUT2D eigenvalue weighted by Crippen LogP contribution is -2.16. The predicted molar refractivity (Wildman–Crippen MR) is 79.5 cm³/mol. The van der Waals surface area contributed by atoms with E-state index in [0.29, 0.717) is 11.2 Å². The number of nitrogens with two attached hydrogens (primary N) is 1. The Hall–Kier alpha value is -2.02. The summed E-state index contributed by atoms with van der Waals surface area (Å²) in [6.45, 7) is 5.98. The maximum absolute atomic E-state index is 13.6. The van der Waals surface area contributed by atoms with Crippen LogP contribution in [0.15, 0.2) is 17.5 Å². The Morgan fingerprint density at radius 3 is 2.52 bits per heavy atom. The van der Waals surface area contributed by atoms with Gasteiger partial charge in [0.25, 0.3) is 5.91 Å². The molecule has 0 aliphatic carbocycles. The largest absolute Gasteiger partial charge is 0.396 e. The number of rotatable bonds is 2. The zero-order valence-electron chi connectivity index (χ0n) is 11.8. The van der Waals surface area contributed by atoms with Crippen LogP contribution >= 0.6 is 11.3 Å². The highest BCUT2D eigenvalue weighted by molar-refractivity contribution is 7.14. The Labute approximate surface area is 125 Å². The zero-order chi connectivity index (χ0) is 15.8. The fraction of sp³-hybridized carbons (Fsp3) is 0.286. The Bertz CT molecular complexity index is 692. The molecule has 0 atom stereocenters. The number of aromatic nitrogens is 1. The third-order valence-corrected chi connectivity index (χ3v) is 3.58. The van der Waals surface area contributed by atoms with Crippen LogP contribution in [0, 0.1) is 11.6 Å². The number of anilines is 2. The first kappa shape index (κ1) is 15.4. The number of hydrogen-bond donors (Lipinski definition) is 2. The van der Waals surface area contributed by atoms with E-state index in [-0.39, 0.29) is 16.7 Å². The molecule has 0 fully saturated rings. The summed E-state index contributed by atoms with van der Waals surface area (Å²) in [6.07, 6.45) is 0. The molecule has 0 saturated heterocycles. The van der Waals surface area contributed by atoms with Crippen molar-refractivity contribution in [1.82, 2.24) is 4.98 Å². The summed E-state index contributed by atoms with van der Waals surface area (Å²) in [5.74, 6) is -2.57. The Balaban J connectivity index is 2.22. The highest BCUT2D eigenvalue weighted by Crippen LogP contribution is 2.27. The average Bonchev–Trinajstić information content (AvgIpc) is 2.82. The number of nitrogen functional groups attached to an aromatic ring is 1. The van der Waals surface area contributed by atoms with Gasteiger partial charge in [-0.1, -0.05) is 20.8 Å². The highest BCUT2D eigenvalue weighted by Gasteiger charge is 2.20. The normalized spacial score (nSPS) is 11.5. The van der Waals surface area contributed by atoms with E-state index in [9.17, 15) is 13.6 Å². The van der Waals surface area contributed by atoms with Crippen molar-refractivity contribution in [3.05, 3.63) is 40.4 Å². The second-order valence-electron chi connectivity index (χ2n) is 5.60. The second kappa shape index (κ2) is 5.40. The number of carbonyl (C=O) groups is 1. The molecular formula is C14H15F2N3OS. The molecule has 1 heterocycles. The van der Waals surface area contributed by atoms with E-state index >= 15 is 0 Å². The fourth-order valence-corrected chi connectivity index (χ4v) is 2.51. The van der Waals surface area contributed by atoms with Gasteiger partial charge in [0.15, 0.2) is 5.13 Å². The van der Waals surface area contributed by atoms with Crippen molar-refractivity contribution in [3.8, 4) is 0 Å². The van der Waals surface area contributed by atoms with Crippen LogP contribution in [0.2, 0.25) is 0 Å². The molecule has 0 aliphatic rings. The van der Waals surface area contributed by atoms with Crippen molar-refractivity contribution in [2.24, 2.45) is 0 Å². The van der Waals surface area contributed by atoms with Gasteiger partial charge in [0.1, 0.15) is 11.6 Å². The number of thiazole rings is 1. The second-order valence-corrected chi connectivity index (χ2v) is 6.45. The Morgan fingerprint density at radius 1 is 1.29 bits per heavy atom. The number of benzene rings is 1. The molecule has 1 aromatic heterocycles. The lowest BCUT2D eigenvalue weighted by Gasteiger charge is -2.14. The number of nitrogens with zero attached hydrogens (tertiary/aromatic N) is 1. The molecular weight excluding hydrogens is 296 g/mol. The number of carbonyl (C=O) groups excluding carboxylic acids is 1. The Morgan fingerprint density at radius 2 is 1.95 bits per heavy atom. The summed E-state index contributed by atoms with van der Waals surface area (Å²) < 4.78 is 26.7. The SMILES string of the molecule is CC(C)(C)c1csc(NC(=O)c2cc(N)c(F)cc2F)n1. The molecule has 2 aromatic rings. The monoisotopic (exact) mass is 311 g/mol. The Kier molecular flexibility index (Phi) is 3.95. The molecule has 0 aliphatic heterocycles. The zero-order valence-corrected chi connectivity index (χ0v) is 12.6. The van der Waals surface area contributed by atoms with Crippen molar-refractivity contribution in [1.29, 1.82) is 0 Å². The lowest BCUT2D eigenvalue weighted by molar-refractivity contribution is 0.102. The summed E-state index contributed by atoms with van der Waals surface area (Å²) in [5.41, 5.74) is 5.42. The standard InChI is InChI=1S/C14H15F2N3OS/c1-14(2,3)11-6-21-13(18-11)19-12(20)7-4-10(17)9(16)5-8(7)15/h4-6H,17H2,1-3H3,(H,18,19,20). The first-order valence-corrected chi connectivity index (χ1v) is 7.08. The first-order valence-electron chi connectivity index (χ1n) is 6.20. The number of nitrogens with one attached hydrogen (secondary N) is 1. The molecule has 7 heteroatoms. The van der Waals surface area contributed by atoms with Gasteiger partial charge in [0, 0.05) is 16.9 Å². The van der Waals surface area contributed by atoms with Crippen molar-refractivity contribution < 1.29 is 13.6 Å². The van der Waals surface area contributed by atoms with E-state index in [4.69, 9.17) is 5.73 Å². The van der Waals surface area contributed by atoms with Crippen LogP contribution < -0.4 is 11.1 Å². The van der Waals surface area contributed by atoms with Gasteiger partial charge in [-0.25, -0.2) is 13.8 Å². The molecule has 1 aromatic carbocycles. The minimum atomic E-state index is -0.966. The van der Waals surface area contributed by atoms with Crippen LogP contribution in [-0.2, 0) is 5.41 Å². The van der Waals surface area contributed by atoms with Crippen molar-refractivity contribution in [2.45, 2.75) is 26.2 Å². The van der Waals surface area contributed by atoms with E-state index in [1.807, 2.05) is 26.2 Å². The molecule has 2 rings (SSSR count). The van der Waals surface area contributed by atoms with Gasteiger partial charge in [-0.05, 0) is 6.07 Å². The van der Waals surface area contributed by atoms with Gasteiger partial charge in [-0.15, -0.1) is 11.3 Å². The van der Waals surface area contributed by atoms with E-state index in [1.165, 1.54) is 11.3 Å². The van der Waals surface area contributed by atoms with Crippen molar-refractivity contribution in [2.75, 3.05) is 11.1 Å². The minimum absolute atomic E-state index is 0.148. The number of halogens is 2. The average molecular weight is 311 g/mol. The van der Waals surface area contributed by atoms with Gasteiger partial charge >= 0.3 is 0 Å². The van der Waals surface area contributed by atoms with Gasteiger partial charge in [0.2, 0.25) is 0 Å². The van der Waals surface area contributed by atoms with Crippen molar-refractivity contribution in [3.63, 3.8) is 0 Å². The van der Waals surface area contributed by atoms with E-state index in [0.717, 1.165) is 11.8 Å². The molecule has 4 nitrogen and oxygen atoms in total. The van der Waals surface area contributed by atoms with Gasteiger partial charge in [-0.3, -0.25) is 10.1 Å². The quantitative estimate of drug-likeness (QED) is 0.833. The molecule has 0 saturated carbocycles. The molecule has 1 amide bonds. The first-order chi connectivity index (χ1) is 9.68. The number of hydrogen-bond acceptors (Lipinski definition) is 4. The molecule has 112 valence electrons. The smallest absolute Gasteiger partial charge is 0.260 e. The van der Waals surface area contributed by atoms with Crippen molar-refractivity contribution >= 4 is 28.1 Å². The van der Waals surface area contributed by atoms with Crippen LogP contribution in [0.5, 0.6) is 0 Å². The highest BCUT2D eigenvalue weighted by atomic mass is 32.1. The summed E-state index contributed by atoms with van der Waals surface area (Å²) in [6, 6.07) is 1.56. The summed E-state index contributed by atoms with van der Waals surface area (Å²) in [5, 5.41) is 4.67. The van der Waals surface area contributed by atoms with Crippen LogP contribution in [0.25, 0.3) is 0 Å². The molecule has 0 bridgehead atoms. The van der Waals surface area contributed by atoms with Crippen LogP contribution in [0.1, 0.15) is 36.8 Å². The third kappa shape index (κ3) is 3.36. The van der Waals surface area contributed by atoms with E-state index in [2.05, 4.69) is 10.3 Å². The third-order valence-electron chi connectivity index (χ3n) is 2.82. The summed E-state index contributed by atoms with van der Waals surface area (Å²) in [4.78, 5) is 16.3. The maximum atomic E-state index is 13.6. The molecule has 21 heavy (non-hydrogen) atoms. The van der Waals surface area contributed by atoms with Gasteiger partial charge in [0.05, 0.1) is 16.9 Å². The fourth-order valence-electron chi connectivity index (χ4n) is 1.58. The van der Waals surface area contributed by atoms with Crippen LogP contribution in [-0.4, -0.2) is 10.9 Å². The van der Waals surface area contributed by atoms with Crippen LogP contribution in [0.4, 0.5) is 19.6 Å². The van der Waals surface area contributed by atoms with Crippen LogP contribution in [0.3, 0.4) is 0 Å². The summed E-state index contributed by atoms with van der Waals surface area (Å²) >= 11 is 1.24. The molecule has 0 spiro atoms. The minimum Gasteiger partial charge on any atom is -0.396 e. The topological polar surface area (TPSA) is 68.0 Å². The molecule has 3 N–H and O–H groups in total. The molecule has 0 radical (unpaired) electrons. The van der Waals surface area contributed by atoms with Gasteiger partial charge in [-0.2, -0.15) is 0 Å². The predicted octanol–water partition coefficient (Wildman–Crippen LogP) is 3.55. The summed E-state index contributed by atoms with van der Waals surface area (Å²) in [7, 11) is 0. The molecule has 0 unspecified atom stereocenters. The number of amides is 1. The van der Waals surface area contributed by atoms with Gasteiger partial charge < -0.3 is 5.73 Å². The van der Waals surface area contributed by atoms with E-state index in [1.54, 1.807) is 0 Å².